The molecule has 0 bridgehead atoms. The van der Waals surface area contributed by atoms with Gasteiger partial charge in [0.2, 0.25) is 0 Å². The minimum atomic E-state index is -0.372. The third-order valence-corrected chi connectivity index (χ3v) is 5.66. The molecule has 2 heterocycles. The lowest BCUT2D eigenvalue weighted by molar-refractivity contribution is 0.0642. The lowest BCUT2D eigenvalue weighted by Gasteiger charge is -2.32. The Balaban J connectivity index is 1.59. The van der Waals surface area contributed by atoms with Gasteiger partial charge in [-0.15, -0.1) is 11.6 Å². The Morgan fingerprint density at radius 1 is 0.960 bits per heavy atom. The standard InChI is InChI=1S/C20H19ClN2O2/c21-20(8-10-22-11-9-20)15-5-3-4-14(12-15)13-23-18(24)16-6-1-2-7-17(16)19(23)25/h1-7,12,22H,8-11,13H2. The zero-order valence-electron chi connectivity index (χ0n) is 13.8. The fourth-order valence-electron chi connectivity index (χ4n) is 3.63. The van der Waals surface area contributed by atoms with Crippen LogP contribution in [0.4, 0.5) is 0 Å². The second kappa shape index (κ2) is 6.28. The maximum Gasteiger partial charge on any atom is 0.261 e. The number of halogens is 1. The van der Waals surface area contributed by atoms with Crippen molar-refractivity contribution >= 4 is 23.4 Å². The van der Waals surface area contributed by atoms with Gasteiger partial charge >= 0.3 is 0 Å². The normalized spacial score (nSPS) is 19.2. The summed E-state index contributed by atoms with van der Waals surface area (Å²) in [6.45, 7) is 2.06. The molecular weight excluding hydrogens is 336 g/mol. The third kappa shape index (κ3) is 2.86. The number of benzene rings is 2. The molecule has 1 fully saturated rings. The van der Waals surface area contributed by atoms with Gasteiger partial charge in [-0.3, -0.25) is 14.5 Å². The van der Waals surface area contributed by atoms with E-state index in [4.69, 9.17) is 11.6 Å². The molecule has 2 aliphatic heterocycles. The van der Waals surface area contributed by atoms with Crippen LogP contribution in [0.1, 0.15) is 44.7 Å². The molecule has 1 saturated heterocycles. The fraction of sp³-hybridized carbons (Fsp3) is 0.300. The Kier molecular flexibility index (Phi) is 4.10. The second-order valence-electron chi connectivity index (χ2n) is 6.66. The van der Waals surface area contributed by atoms with Crippen LogP contribution in [0.25, 0.3) is 0 Å². The van der Waals surface area contributed by atoms with E-state index in [0.717, 1.165) is 37.1 Å². The summed E-state index contributed by atoms with van der Waals surface area (Å²) in [5.74, 6) is -0.457. The Labute approximate surface area is 151 Å². The summed E-state index contributed by atoms with van der Waals surface area (Å²) < 4.78 is 0. The van der Waals surface area contributed by atoms with Crippen molar-refractivity contribution in [3.05, 3.63) is 70.8 Å². The average molecular weight is 355 g/mol. The Morgan fingerprint density at radius 3 is 2.24 bits per heavy atom. The summed E-state index contributed by atoms with van der Waals surface area (Å²) in [6, 6.07) is 14.9. The van der Waals surface area contributed by atoms with Gasteiger partial charge in [-0.05, 0) is 49.2 Å². The highest BCUT2D eigenvalue weighted by molar-refractivity contribution is 6.24. The first-order valence-electron chi connectivity index (χ1n) is 8.53. The highest BCUT2D eigenvalue weighted by atomic mass is 35.5. The monoisotopic (exact) mass is 354 g/mol. The highest BCUT2D eigenvalue weighted by Gasteiger charge is 2.36. The molecule has 2 aromatic rings. The third-order valence-electron chi connectivity index (χ3n) is 5.06. The summed E-state index contributed by atoms with van der Waals surface area (Å²) in [7, 11) is 0. The van der Waals surface area contributed by atoms with Crippen molar-refractivity contribution in [2.75, 3.05) is 13.1 Å². The van der Waals surface area contributed by atoms with E-state index in [1.54, 1.807) is 24.3 Å². The van der Waals surface area contributed by atoms with Gasteiger partial charge in [-0.1, -0.05) is 36.4 Å². The van der Waals surface area contributed by atoms with Crippen LogP contribution < -0.4 is 5.32 Å². The number of carbonyl (C=O) groups excluding carboxylic acids is 2. The molecule has 0 atom stereocenters. The number of amides is 2. The van der Waals surface area contributed by atoms with Crippen LogP contribution in [-0.2, 0) is 11.4 Å². The van der Waals surface area contributed by atoms with Gasteiger partial charge in [0.1, 0.15) is 0 Å². The van der Waals surface area contributed by atoms with Crippen LogP contribution in [0.3, 0.4) is 0 Å². The number of hydrogen-bond donors (Lipinski definition) is 1. The molecule has 4 nitrogen and oxygen atoms in total. The maximum absolute atomic E-state index is 12.5. The van der Waals surface area contributed by atoms with Crippen LogP contribution in [0.2, 0.25) is 0 Å². The molecule has 0 radical (unpaired) electrons. The molecule has 0 spiro atoms. The van der Waals surface area contributed by atoms with E-state index in [1.165, 1.54) is 4.90 Å². The molecule has 0 aliphatic carbocycles. The molecule has 128 valence electrons. The molecule has 2 amide bonds. The first-order valence-corrected chi connectivity index (χ1v) is 8.91. The number of nitrogens with one attached hydrogen (secondary N) is 1. The smallest absolute Gasteiger partial charge is 0.261 e. The average Bonchev–Trinajstić information content (AvgIpc) is 2.88. The quantitative estimate of drug-likeness (QED) is 0.679. The molecule has 5 heteroatoms. The number of alkyl halides is 1. The summed E-state index contributed by atoms with van der Waals surface area (Å²) in [4.78, 5) is 26.0. The maximum atomic E-state index is 12.5. The van der Waals surface area contributed by atoms with Crippen LogP contribution in [-0.4, -0.2) is 29.8 Å². The van der Waals surface area contributed by atoms with Gasteiger partial charge in [0.25, 0.3) is 11.8 Å². The van der Waals surface area contributed by atoms with Crippen molar-refractivity contribution in [3.63, 3.8) is 0 Å². The van der Waals surface area contributed by atoms with Crippen LogP contribution in [0, 0.1) is 0 Å². The van der Waals surface area contributed by atoms with Crippen LogP contribution >= 0.6 is 11.6 Å². The minimum Gasteiger partial charge on any atom is -0.317 e. The van der Waals surface area contributed by atoms with Crippen LogP contribution in [0.5, 0.6) is 0 Å². The summed E-state index contributed by atoms with van der Waals surface area (Å²) in [5.41, 5.74) is 2.95. The van der Waals surface area contributed by atoms with E-state index in [9.17, 15) is 9.59 Å². The Bertz CT molecular complexity index is 808. The second-order valence-corrected chi connectivity index (χ2v) is 7.38. The predicted octanol–water partition coefficient (Wildman–Crippen LogP) is 3.30. The van der Waals surface area contributed by atoms with Crippen molar-refractivity contribution in [2.24, 2.45) is 0 Å². The zero-order chi connectivity index (χ0) is 17.4. The van der Waals surface area contributed by atoms with E-state index in [1.807, 2.05) is 24.3 Å². The molecule has 4 rings (SSSR count). The number of carbonyl (C=O) groups is 2. The van der Waals surface area contributed by atoms with Crippen LogP contribution in [0.15, 0.2) is 48.5 Å². The predicted molar refractivity (Wildman–Crippen MR) is 96.7 cm³/mol. The van der Waals surface area contributed by atoms with Gasteiger partial charge in [0, 0.05) is 0 Å². The van der Waals surface area contributed by atoms with Crippen molar-refractivity contribution in [3.8, 4) is 0 Å². The number of hydrogen-bond acceptors (Lipinski definition) is 3. The van der Waals surface area contributed by atoms with Gasteiger partial charge in [-0.25, -0.2) is 0 Å². The van der Waals surface area contributed by atoms with Gasteiger partial charge in [-0.2, -0.15) is 0 Å². The van der Waals surface area contributed by atoms with Crippen molar-refractivity contribution in [1.82, 2.24) is 10.2 Å². The molecular formula is C20H19ClN2O2. The van der Waals surface area contributed by atoms with Gasteiger partial charge in [0.15, 0.2) is 0 Å². The first kappa shape index (κ1) is 16.3. The lowest BCUT2D eigenvalue weighted by atomic mass is 9.88. The fourth-order valence-corrected chi connectivity index (χ4v) is 3.93. The van der Waals surface area contributed by atoms with Crippen molar-refractivity contribution < 1.29 is 9.59 Å². The lowest BCUT2D eigenvalue weighted by Crippen LogP contribution is -2.36. The minimum absolute atomic E-state index is 0.228. The van der Waals surface area contributed by atoms with E-state index < -0.39 is 0 Å². The molecule has 0 unspecified atom stereocenters. The molecule has 2 aromatic carbocycles. The topological polar surface area (TPSA) is 49.4 Å². The molecule has 25 heavy (non-hydrogen) atoms. The summed E-state index contributed by atoms with van der Waals surface area (Å²) in [5, 5.41) is 3.32. The van der Waals surface area contributed by atoms with E-state index in [-0.39, 0.29) is 23.2 Å². The van der Waals surface area contributed by atoms with Crippen molar-refractivity contribution in [1.29, 1.82) is 0 Å². The number of rotatable bonds is 3. The number of fused-ring (bicyclic) bond motifs is 1. The zero-order valence-corrected chi connectivity index (χ0v) is 14.6. The van der Waals surface area contributed by atoms with Gasteiger partial charge in [0.05, 0.1) is 22.5 Å². The SMILES string of the molecule is O=C1c2ccccc2C(=O)N1Cc1cccc(C2(Cl)CCNCC2)c1. The van der Waals surface area contributed by atoms with Crippen molar-refractivity contribution in [2.45, 2.75) is 24.3 Å². The number of nitrogens with zero attached hydrogens (tertiary/aromatic N) is 1. The number of imide groups is 1. The summed E-state index contributed by atoms with van der Waals surface area (Å²) >= 11 is 6.83. The Hall–Kier alpha value is -2.17. The molecule has 2 aliphatic rings. The largest absolute Gasteiger partial charge is 0.317 e. The molecule has 1 N–H and O–H groups in total. The van der Waals surface area contributed by atoms with E-state index in [2.05, 4.69) is 5.32 Å². The highest BCUT2D eigenvalue weighted by Crippen LogP contribution is 2.38. The Morgan fingerprint density at radius 2 is 1.60 bits per heavy atom. The van der Waals surface area contributed by atoms with E-state index in [0.29, 0.717) is 11.1 Å². The molecule has 0 saturated carbocycles. The van der Waals surface area contributed by atoms with E-state index >= 15 is 0 Å². The summed E-state index contributed by atoms with van der Waals surface area (Å²) in [6.07, 6.45) is 1.73. The first-order chi connectivity index (χ1) is 12.1. The van der Waals surface area contributed by atoms with Gasteiger partial charge < -0.3 is 5.32 Å². The number of piperidine rings is 1. The molecule has 0 aromatic heterocycles.